The number of sulfonamides is 1. The Kier molecular flexibility index (Phi) is 4.88. The third-order valence-electron chi connectivity index (χ3n) is 4.21. The highest BCUT2D eigenvalue weighted by atomic mass is 32.2. The molecule has 1 saturated carbocycles. The fourth-order valence-corrected chi connectivity index (χ4v) is 4.28. The third-order valence-corrected chi connectivity index (χ3v) is 6.00. The van der Waals surface area contributed by atoms with Gasteiger partial charge in [0.2, 0.25) is 10.0 Å². The molecule has 0 saturated heterocycles. The second-order valence-electron chi connectivity index (χ2n) is 5.59. The second-order valence-corrected chi connectivity index (χ2v) is 7.64. The van der Waals surface area contributed by atoms with E-state index in [4.69, 9.17) is 5.73 Å². The van der Waals surface area contributed by atoms with Crippen molar-refractivity contribution in [3.8, 4) is 0 Å². The van der Waals surface area contributed by atoms with Gasteiger partial charge in [-0.15, -0.1) is 0 Å². The lowest BCUT2D eigenvalue weighted by Crippen LogP contribution is -2.31. The first kappa shape index (κ1) is 15.5. The number of rotatable bonds is 6. The minimum absolute atomic E-state index is 0.357. The number of nitrogens with zero attached hydrogens (tertiary/aromatic N) is 2. The largest absolute Gasteiger partial charge is 0.349 e. The molecule has 0 spiro atoms. The van der Waals surface area contributed by atoms with E-state index in [1.165, 1.54) is 17.1 Å². The van der Waals surface area contributed by atoms with Crippen LogP contribution in [0.15, 0.2) is 17.2 Å². The zero-order valence-electron chi connectivity index (χ0n) is 12.4. The number of aryl methyl sites for hydroxylation is 1. The van der Waals surface area contributed by atoms with Crippen LogP contribution >= 0.6 is 0 Å². The molecule has 1 aromatic heterocycles. The molecule has 0 atom stereocenters. The van der Waals surface area contributed by atoms with Gasteiger partial charge in [-0.05, 0) is 31.7 Å². The van der Waals surface area contributed by atoms with Gasteiger partial charge in [0.1, 0.15) is 4.90 Å². The van der Waals surface area contributed by atoms with Crippen molar-refractivity contribution >= 4 is 10.0 Å². The van der Waals surface area contributed by atoms with Gasteiger partial charge in [0.05, 0.1) is 0 Å². The van der Waals surface area contributed by atoms with Crippen LogP contribution in [0.4, 0.5) is 0 Å². The van der Waals surface area contributed by atoms with E-state index >= 15 is 0 Å². The molecule has 1 aromatic rings. The number of nitrogens with two attached hydrogens (primary N) is 1. The standard InChI is InChI=1S/C14H25N3O2S/c1-3-17-11-14(8-13(17)9-15)20(18,19)16(2)10-12-6-4-5-7-12/h8,11-12H,3-7,9-10,15H2,1-2H3. The van der Waals surface area contributed by atoms with Gasteiger partial charge in [0, 0.05) is 38.6 Å². The lowest BCUT2D eigenvalue weighted by Gasteiger charge is -2.20. The fourth-order valence-electron chi connectivity index (χ4n) is 2.97. The Labute approximate surface area is 121 Å². The van der Waals surface area contributed by atoms with Crippen molar-refractivity contribution < 1.29 is 8.42 Å². The van der Waals surface area contributed by atoms with Crippen LogP contribution < -0.4 is 5.73 Å². The summed E-state index contributed by atoms with van der Waals surface area (Å²) in [6, 6.07) is 1.70. The molecule has 0 radical (unpaired) electrons. The lowest BCUT2D eigenvalue weighted by atomic mass is 10.1. The van der Waals surface area contributed by atoms with E-state index in [0.717, 1.165) is 25.1 Å². The first-order valence-corrected chi connectivity index (χ1v) is 8.78. The van der Waals surface area contributed by atoms with Crippen molar-refractivity contribution in [2.45, 2.75) is 50.6 Å². The normalized spacial score (nSPS) is 17.2. The van der Waals surface area contributed by atoms with Crippen LogP contribution in [0.1, 0.15) is 38.3 Å². The first-order valence-electron chi connectivity index (χ1n) is 7.34. The minimum Gasteiger partial charge on any atom is -0.349 e. The number of aromatic nitrogens is 1. The van der Waals surface area contributed by atoms with Crippen LogP contribution in [0.5, 0.6) is 0 Å². The average molecular weight is 299 g/mol. The van der Waals surface area contributed by atoms with Crippen LogP contribution in [-0.2, 0) is 23.1 Å². The van der Waals surface area contributed by atoms with Gasteiger partial charge in [-0.25, -0.2) is 12.7 Å². The highest BCUT2D eigenvalue weighted by Gasteiger charge is 2.26. The maximum absolute atomic E-state index is 12.6. The Bertz CT molecular complexity index is 523. The molecule has 0 bridgehead atoms. The van der Waals surface area contributed by atoms with E-state index in [9.17, 15) is 8.42 Å². The molecule has 1 fully saturated rings. The molecule has 20 heavy (non-hydrogen) atoms. The van der Waals surface area contributed by atoms with Gasteiger partial charge in [0.25, 0.3) is 0 Å². The van der Waals surface area contributed by atoms with E-state index in [2.05, 4.69) is 0 Å². The maximum Gasteiger partial charge on any atom is 0.244 e. The van der Waals surface area contributed by atoms with Crippen molar-refractivity contribution in [3.05, 3.63) is 18.0 Å². The van der Waals surface area contributed by atoms with Crippen molar-refractivity contribution in [1.29, 1.82) is 0 Å². The lowest BCUT2D eigenvalue weighted by molar-refractivity contribution is 0.387. The van der Waals surface area contributed by atoms with E-state index in [1.807, 2.05) is 11.5 Å². The van der Waals surface area contributed by atoms with Gasteiger partial charge in [-0.1, -0.05) is 12.8 Å². The molecule has 2 N–H and O–H groups in total. The van der Waals surface area contributed by atoms with E-state index in [1.54, 1.807) is 19.3 Å². The van der Waals surface area contributed by atoms with E-state index in [0.29, 0.717) is 23.9 Å². The van der Waals surface area contributed by atoms with Crippen molar-refractivity contribution in [2.24, 2.45) is 11.7 Å². The fraction of sp³-hybridized carbons (Fsp3) is 0.714. The van der Waals surface area contributed by atoms with Gasteiger partial charge in [-0.3, -0.25) is 0 Å². The summed E-state index contributed by atoms with van der Waals surface area (Å²) in [7, 11) is -1.71. The highest BCUT2D eigenvalue weighted by Crippen LogP contribution is 2.27. The molecular formula is C14H25N3O2S. The van der Waals surface area contributed by atoms with Gasteiger partial charge in [-0.2, -0.15) is 0 Å². The molecule has 0 amide bonds. The molecule has 6 heteroatoms. The van der Waals surface area contributed by atoms with E-state index in [-0.39, 0.29) is 0 Å². The predicted octanol–water partition coefficient (Wildman–Crippen LogP) is 1.78. The Morgan fingerprint density at radius 1 is 1.40 bits per heavy atom. The van der Waals surface area contributed by atoms with E-state index < -0.39 is 10.0 Å². The molecule has 1 aliphatic rings. The van der Waals surface area contributed by atoms with Gasteiger partial charge < -0.3 is 10.3 Å². The second kappa shape index (κ2) is 6.28. The van der Waals surface area contributed by atoms with Crippen LogP contribution in [0.3, 0.4) is 0 Å². The van der Waals surface area contributed by atoms with Crippen molar-refractivity contribution in [2.75, 3.05) is 13.6 Å². The summed E-state index contributed by atoms with van der Waals surface area (Å²) < 4.78 is 28.6. The Morgan fingerprint density at radius 2 is 2.05 bits per heavy atom. The summed E-state index contributed by atoms with van der Waals surface area (Å²) in [6.07, 6.45) is 6.43. The Balaban J connectivity index is 2.17. The summed E-state index contributed by atoms with van der Waals surface area (Å²) in [5.41, 5.74) is 6.52. The zero-order valence-corrected chi connectivity index (χ0v) is 13.2. The maximum atomic E-state index is 12.6. The zero-order chi connectivity index (χ0) is 14.8. The van der Waals surface area contributed by atoms with Crippen molar-refractivity contribution in [1.82, 2.24) is 8.87 Å². The van der Waals surface area contributed by atoms with Crippen molar-refractivity contribution in [3.63, 3.8) is 0 Å². The third kappa shape index (κ3) is 3.07. The number of hydrogen-bond donors (Lipinski definition) is 1. The molecule has 0 aromatic carbocycles. The SMILES string of the molecule is CCn1cc(S(=O)(=O)N(C)CC2CCCC2)cc1CN. The van der Waals surface area contributed by atoms with Gasteiger partial charge in [0.15, 0.2) is 0 Å². The summed E-state index contributed by atoms with van der Waals surface area (Å²) in [6.45, 7) is 3.69. The molecule has 114 valence electrons. The quantitative estimate of drug-likeness (QED) is 0.870. The van der Waals surface area contributed by atoms with Crippen LogP contribution in [0.2, 0.25) is 0 Å². The Morgan fingerprint density at radius 3 is 2.55 bits per heavy atom. The molecular weight excluding hydrogens is 274 g/mol. The van der Waals surface area contributed by atoms with Crippen LogP contribution in [-0.4, -0.2) is 30.9 Å². The average Bonchev–Trinajstić information content (AvgIpc) is 3.06. The summed E-state index contributed by atoms with van der Waals surface area (Å²) in [5.74, 6) is 0.511. The minimum atomic E-state index is -3.39. The predicted molar refractivity (Wildman–Crippen MR) is 79.8 cm³/mol. The molecule has 2 rings (SSSR count). The summed E-state index contributed by atoms with van der Waals surface area (Å²) in [4.78, 5) is 0.361. The monoisotopic (exact) mass is 299 g/mol. The topological polar surface area (TPSA) is 68.3 Å². The summed E-state index contributed by atoms with van der Waals surface area (Å²) in [5, 5.41) is 0. The molecule has 0 aliphatic heterocycles. The first-order chi connectivity index (χ1) is 9.48. The van der Waals surface area contributed by atoms with Crippen LogP contribution in [0.25, 0.3) is 0 Å². The van der Waals surface area contributed by atoms with Crippen LogP contribution in [0, 0.1) is 5.92 Å². The molecule has 0 unspecified atom stereocenters. The summed E-state index contributed by atoms with van der Waals surface area (Å²) >= 11 is 0. The number of hydrogen-bond acceptors (Lipinski definition) is 3. The molecule has 1 aliphatic carbocycles. The Hall–Kier alpha value is -0.850. The van der Waals surface area contributed by atoms with Gasteiger partial charge >= 0.3 is 0 Å². The molecule has 1 heterocycles. The molecule has 5 nitrogen and oxygen atoms in total. The highest BCUT2D eigenvalue weighted by molar-refractivity contribution is 7.89. The smallest absolute Gasteiger partial charge is 0.244 e.